The maximum Gasteiger partial charge on any atom is 0.224 e. The van der Waals surface area contributed by atoms with Gasteiger partial charge in [-0.05, 0) is 24.1 Å². The fraction of sp³-hybridized carbons (Fsp3) is 0.412. The van der Waals surface area contributed by atoms with Gasteiger partial charge in [-0.3, -0.25) is 4.79 Å². The number of nitrogens with zero attached hydrogens (tertiary/aromatic N) is 2. The predicted octanol–water partition coefficient (Wildman–Crippen LogP) is 1.62. The molecule has 2 aromatic rings. The highest BCUT2D eigenvalue weighted by molar-refractivity contribution is 5.79. The highest BCUT2D eigenvalue weighted by Crippen LogP contribution is 2.27. The molecular weight excluding hydrogens is 294 g/mol. The minimum absolute atomic E-state index is 0.0204. The van der Waals surface area contributed by atoms with Gasteiger partial charge >= 0.3 is 0 Å². The molecule has 0 unspecified atom stereocenters. The summed E-state index contributed by atoms with van der Waals surface area (Å²) in [6, 6.07) is 7.50. The van der Waals surface area contributed by atoms with Crippen LogP contribution in [-0.4, -0.2) is 35.2 Å². The summed E-state index contributed by atoms with van der Waals surface area (Å²) in [6.07, 6.45) is 4.55. The molecule has 1 amide bonds. The number of rotatable bonds is 5. The van der Waals surface area contributed by atoms with E-state index in [4.69, 9.17) is 9.47 Å². The van der Waals surface area contributed by atoms with Crippen LogP contribution in [0.2, 0.25) is 0 Å². The number of aryl methyl sites for hydroxylation is 1. The van der Waals surface area contributed by atoms with Crippen molar-refractivity contribution in [2.75, 3.05) is 13.7 Å². The second-order valence-corrected chi connectivity index (χ2v) is 5.68. The van der Waals surface area contributed by atoms with Crippen LogP contribution in [-0.2, 0) is 23.0 Å². The molecule has 0 bridgehead atoms. The first-order valence-electron chi connectivity index (χ1n) is 7.68. The lowest BCUT2D eigenvalue weighted by Crippen LogP contribution is -2.38. The standard InChI is InChI=1S/C17H21N3O3/c1-20-8-7-18-17(20)16-14(6-9-23-16)19-15(21)11-12-4-3-5-13(10-12)22-2/h3-5,7-8,10,14,16H,6,9,11H2,1-2H3,(H,19,21)/t14-,16-/m0/s1. The molecule has 1 N–H and O–H groups in total. The zero-order valence-electron chi connectivity index (χ0n) is 13.4. The number of benzene rings is 1. The number of imidazole rings is 1. The van der Waals surface area contributed by atoms with E-state index >= 15 is 0 Å². The Bertz CT molecular complexity index is 683. The Hall–Kier alpha value is -2.34. The Morgan fingerprint density at radius 2 is 2.39 bits per heavy atom. The van der Waals surface area contributed by atoms with E-state index in [1.165, 1.54) is 0 Å². The molecule has 1 aromatic carbocycles. The summed E-state index contributed by atoms with van der Waals surface area (Å²) in [5, 5.41) is 3.07. The van der Waals surface area contributed by atoms with Crippen molar-refractivity contribution in [1.82, 2.24) is 14.9 Å². The van der Waals surface area contributed by atoms with Crippen LogP contribution in [0, 0.1) is 0 Å². The van der Waals surface area contributed by atoms with Crippen molar-refractivity contribution in [3.05, 3.63) is 48.0 Å². The second kappa shape index (κ2) is 6.83. The van der Waals surface area contributed by atoms with Crippen molar-refractivity contribution >= 4 is 5.91 Å². The fourth-order valence-electron chi connectivity index (χ4n) is 2.87. The molecule has 1 aromatic heterocycles. The second-order valence-electron chi connectivity index (χ2n) is 5.68. The minimum atomic E-state index is -0.191. The molecule has 1 saturated heterocycles. The third-order valence-corrected chi connectivity index (χ3v) is 4.05. The Morgan fingerprint density at radius 1 is 1.52 bits per heavy atom. The van der Waals surface area contributed by atoms with E-state index in [1.807, 2.05) is 42.1 Å². The molecular formula is C17H21N3O3. The van der Waals surface area contributed by atoms with E-state index in [2.05, 4.69) is 10.3 Å². The van der Waals surface area contributed by atoms with Crippen LogP contribution in [0.3, 0.4) is 0 Å². The maximum absolute atomic E-state index is 12.3. The normalized spacial score (nSPS) is 20.4. The highest BCUT2D eigenvalue weighted by Gasteiger charge is 2.33. The van der Waals surface area contributed by atoms with Crippen molar-refractivity contribution in [2.24, 2.45) is 7.05 Å². The summed E-state index contributed by atoms with van der Waals surface area (Å²) in [5.74, 6) is 1.58. The first kappa shape index (κ1) is 15.6. The first-order valence-corrected chi connectivity index (χ1v) is 7.68. The smallest absolute Gasteiger partial charge is 0.224 e. The molecule has 23 heavy (non-hydrogen) atoms. The molecule has 6 heteroatoms. The lowest BCUT2D eigenvalue weighted by molar-refractivity contribution is -0.121. The number of ether oxygens (including phenoxy) is 2. The third kappa shape index (κ3) is 3.53. The van der Waals surface area contributed by atoms with Gasteiger partial charge in [0.05, 0.1) is 19.6 Å². The van der Waals surface area contributed by atoms with Crippen LogP contribution in [0.5, 0.6) is 5.75 Å². The lowest BCUT2D eigenvalue weighted by atomic mass is 10.1. The van der Waals surface area contributed by atoms with Crippen LogP contribution in [0.15, 0.2) is 36.7 Å². The molecule has 3 rings (SSSR count). The fourth-order valence-corrected chi connectivity index (χ4v) is 2.87. The molecule has 1 fully saturated rings. The topological polar surface area (TPSA) is 65.4 Å². The van der Waals surface area contributed by atoms with E-state index in [0.717, 1.165) is 23.6 Å². The maximum atomic E-state index is 12.3. The summed E-state index contributed by atoms with van der Waals surface area (Å²) >= 11 is 0. The van der Waals surface area contributed by atoms with Gasteiger partial charge in [-0.25, -0.2) is 4.98 Å². The van der Waals surface area contributed by atoms with Crippen LogP contribution in [0.25, 0.3) is 0 Å². The monoisotopic (exact) mass is 315 g/mol. The van der Waals surface area contributed by atoms with Gasteiger partial charge in [-0.2, -0.15) is 0 Å². The number of methoxy groups -OCH3 is 1. The van der Waals surface area contributed by atoms with Gasteiger partial charge in [0.15, 0.2) is 0 Å². The van der Waals surface area contributed by atoms with Crippen LogP contribution in [0.4, 0.5) is 0 Å². The summed E-state index contributed by atoms with van der Waals surface area (Å²) < 4.78 is 12.9. The van der Waals surface area contributed by atoms with E-state index in [-0.39, 0.29) is 18.1 Å². The Balaban J connectivity index is 1.64. The van der Waals surface area contributed by atoms with Crippen molar-refractivity contribution in [3.63, 3.8) is 0 Å². The van der Waals surface area contributed by atoms with E-state index in [9.17, 15) is 4.79 Å². The lowest BCUT2D eigenvalue weighted by Gasteiger charge is -2.19. The average molecular weight is 315 g/mol. The third-order valence-electron chi connectivity index (χ3n) is 4.05. The van der Waals surface area contributed by atoms with Gasteiger partial charge < -0.3 is 19.4 Å². The molecule has 0 radical (unpaired) electrons. The zero-order chi connectivity index (χ0) is 16.2. The summed E-state index contributed by atoms with van der Waals surface area (Å²) in [6.45, 7) is 0.627. The molecule has 122 valence electrons. The van der Waals surface area contributed by atoms with Crippen molar-refractivity contribution < 1.29 is 14.3 Å². The van der Waals surface area contributed by atoms with Gasteiger partial charge in [0.25, 0.3) is 0 Å². The number of nitrogens with one attached hydrogen (secondary N) is 1. The van der Waals surface area contributed by atoms with Gasteiger partial charge in [0, 0.05) is 26.0 Å². The number of hydrogen-bond donors (Lipinski definition) is 1. The minimum Gasteiger partial charge on any atom is -0.497 e. The molecule has 0 saturated carbocycles. The van der Waals surface area contributed by atoms with Crippen molar-refractivity contribution in [3.8, 4) is 5.75 Å². The van der Waals surface area contributed by atoms with E-state index in [1.54, 1.807) is 13.3 Å². The van der Waals surface area contributed by atoms with Crippen LogP contribution >= 0.6 is 0 Å². The summed E-state index contributed by atoms with van der Waals surface area (Å²) in [4.78, 5) is 16.7. The number of carbonyl (C=O) groups excluding carboxylic acids is 1. The van der Waals surface area contributed by atoms with Gasteiger partial charge in [-0.15, -0.1) is 0 Å². The van der Waals surface area contributed by atoms with Crippen LogP contribution in [0.1, 0.15) is 23.9 Å². The van der Waals surface area contributed by atoms with Crippen molar-refractivity contribution in [1.29, 1.82) is 0 Å². The quantitative estimate of drug-likeness (QED) is 0.910. The molecule has 0 aliphatic carbocycles. The van der Waals surface area contributed by atoms with Crippen molar-refractivity contribution in [2.45, 2.75) is 25.0 Å². The number of aromatic nitrogens is 2. The number of hydrogen-bond acceptors (Lipinski definition) is 4. The van der Waals surface area contributed by atoms with E-state index < -0.39 is 0 Å². The molecule has 6 nitrogen and oxygen atoms in total. The summed E-state index contributed by atoms with van der Waals surface area (Å²) in [7, 11) is 3.55. The molecule has 2 atom stereocenters. The molecule has 2 heterocycles. The molecule has 0 spiro atoms. The molecule has 1 aliphatic rings. The van der Waals surface area contributed by atoms with Gasteiger partial charge in [0.2, 0.25) is 5.91 Å². The Morgan fingerprint density at radius 3 is 3.13 bits per heavy atom. The van der Waals surface area contributed by atoms with Gasteiger partial charge in [-0.1, -0.05) is 12.1 Å². The Kier molecular flexibility index (Phi) is 4.62. The summed E-state index contributed by atoms with van der Waals surface area (Å²) in [5.41, 5.74) is 0.925. The Labute approximate surface area is 135 Å². The highest BCUT2D eigenvalue weighted by atomic mass is 16.5. The van der Waals surface area contributed by atoms with E-state index in [0.29, 0.717) is 13.0 Å². The first-order chi connectivity index (χ1) is 11.2. The molecule has 1 aliphatic heterocycles. The van der Waals surface area contributed by atoms with Crippen LogP contribution < -0.4 is 10.1 Å². The average Bonchev–Trinajstić information content (AvgIpc) is 3.15. The number of carbonyl (C=O) groups is 1. The predicted molar refractivity (Wildman–Crippen MR) is 85.1 cm³/mol. The largest absolute Gasteiger partial charge is 0.497 e. The zero-order valence-corrected chi connectivity index (χ0v) is 13.4. The SMILES string of the molecule is COc1cccc(CC(=O)N[C@H]2CCO[C@@H]2c2nccn2C)c1. The van der Waals surface area contributed by atoms with Gasteiger partial charge in [0.1, 0.15) is 17.7 Å². The number of amides is 1.